The topological polar surface area (TPSA) is 55.4 Å². The number of sulfonamides is 1. The third-order valence-electron chi connectivity index (χ3n) is 2.89. The van der Waals surface area contributed by atoms with Crippen LogP contribution in [0.2, 0.25) is 10.0 Å². The molecule has 2 aromatic carbocycles. The normalized spacial score (nSPS) is 11.5. The number of halogens is 3. The molecule has 0 aliphatic heterocycles. The Balaban J connectivity index is 2.19. The van der Waals surface area contributed by atoms with Gasteiger partial charge in [-0.15, -0.1) is 0 Å². The molecule has 0 saturated carbocycles. The van der Waals surface area contributed by atoms with Crippen LogP contribution in [0.5, 0.6) is 5.75 Å². The Labute approximate surface area is 147 Å². The van der Waals surface area contributed by atoms with Crippen molar-refractivity contribution in [2.24, 2.45) is 0 Å². The quantitative estimate of drug-likeness (QED) is 0.730. The molecule has 1 N–H and O–H groups in total. The van der Waals surface area contributed by atoms with Gasteiger partial charge in [-0.2, -0.15) is 0 Å². The third-order valence-corrected chi connectivity index (χ3v) is 5.95. The van der Waals surface area contributed by atoms with E-state index >= 15 is 0 Å². The van der Waals surface area contributed by atoms with E-state index in [1.807, 2.05) is 0 Å². The van der Waals surface area contributed by atoms with Gasteiger partial charge >= 0.3 is 0 Å². The highest BCUT2D eigenvalue weighted by Gasteiger charge is 2.19. The first-order valence-electron chi connectivity index (χ1n) is 6.10. The van der Waals surface area contributed by atoms with Crippen LogP contribution in [0, 0.1) is 0 Å². The molecule has 0 unspecified atom stereocenters. The molecule has 0 aromatic heterocycles. The Bertz CT molecular complexity index is 779. The molecule has 0 radical (unpaired) electrons. The molecule has 118 valence electrons. The zero-order valence-electron chi connectivity index (χ0n) is 11.4. The van der Waals surface area contributed by atoms with Gasteiger partial charge in [-0.3, -0.25) is 0 Å². The molecule has 0 atom stereocenters. The van der Waals surface area contributed by atoms with Gasteiger partial charge in [0.1, 0.15) is 10.6 Å². The van der Waals surface area contributed by atoms with Gasteiger partial charge in [0.15, 0.2) is 0 Å². The number of benzene rings is 2. The highest BCUT2D eigenvalue weighted by atomic mass is 79.9. The molecule has 0 aliphatic rings. The first-order chi connectivity index (χ1) is 10.3. The van der Waals surface area contributed by atoms with Gasteiger partial charge < -0.3 is 4.74 Å². The summed E-state index contributed by atoms with van der Waals surface area (Å²) in [6, 6.07) is 9.82. The van der Waals surface area contributed by atoms with E-state index in [1.165, 1.54) is 12.1 Å². The fraction of sp³-hybridized carbons (Fsp3) is 0.143. The minimum atomic E-state index is -3.76. The average Bonchev–Trinajstić information content (AvgIpc) is 2.49. The van der Waals surface area contributed by atoms with Gasteiger partial charge in [-0.25, -0.2) is 13.1 Å². The van der Waals surface area contributed by atoms with Crippen molar-refractivity contribution in [1.82, 2.24) is 4.72 Å². The minimum absolute atomic E-state index is 0.0594. The molecule has 4 nitrogen and oxygen atoms in total. The van der Waals surface area contributed by atoms with E-state index in [1.54, 1.807) is 31.4 Å². The second-order valence-electron chi connectivity index (χ2n) is 4.37. The lowest BCUT2D eigenvalue weighted by Crippen LogP contribution is -2.23. The maximum atomic E-state index is 12.3. The van der Waals surface area contributed by atoms with Gasteiger partial charge in [0.05, 0.1) is 17.2 Å². The Hall–Kier alpha value is -0.790. The Morgan fingerprint density at radius 1 is 1.14 bits per heavy atom. The molecule has 0 bridgehead atoms. The summed E-state index contributed by atoms with van der Waals surface area (Å²) in [5.41, 5.74) is 0.795. The molecular weight excluding hydrogens is 413 g/mol. The number of nitrogens with one attached hydrogen (secondary N) is 1. The highest BCUT2D eigenvalue weighted by molar-refractivity contribution is 9.10. The van der Waals surface area contributed by atoms with Crippen molar-refractivity contribution in [3.63, 3.8) is 0 Å². The van der Waals surface area contributed by atoms with Crippen LogP contribution < -0.4 is 9.46 Å². The van der Waals surface area contributed by atoms with Gasteiger partial charge in [0, 0.05) is 11.0 Å². The van der Waals surface area contributed by atoms with Crippen LogP contribution in [-0.4, -0.2) is 15.5 Å². The van der Waals surface area contributed by atoms with E-state index in [0.29, 0.717) is 10.2 Å². The summed E-state index contributed by atoms with van der Waals surface area (Å²) < 4.78 is 32.7. The number of methoxy groups -OCH3 is 1. The van der Waals surface area contributed by atoms with E-state index in [4.69, 9.17) is 27.9 Å². The van der Waals surface area contributed by atoms with Crippen molar-refractivity contribution in [2.75, 3.05) is 7.11 Å². The molecule has 0 spiro atoms. The highest BCUT2D eigenvalue weighted by Crippen LogP contribution is 2.31. The number of hydrogen-bond acceptors (Lipinski definition) is 3. The maximum absolute atomic E-state index is 12.3. The molecule has 22 heavy (non-hydrogen) atoms. The number of ether oxygens (including phenoxy) is 1. The van der Waals surface area contributed by atoms with Crippen molar-refractivity contribution >= 4 is 49.2 Å². The lowest BCUT2D eigenvalue weighted by atomic mass is 10.2. The van der Waals surface area contributed by atoms with Crippen molar-refractivity contribution < 1.29 is 13.2 Å². The van der Waals surface area contributed by atoms with E-state index in [-0.39, 0.29) is 21.5 Å². The molecule has 8 heteroatoms. The van der Waals surface area contributed by atoms with Gasteiger partial charge in [-0.1, -0.05) is 35.3 Å². The number of rotatable bonds is 5. The van der Waals surface area contributed by atoms with Crippen molar-refractivity contribution in [2.45, 2.75) is 11.4 Å². The standard InChI is InChI=1S/C14H12BrCl2NO3S/c1-21-10-4-2-9(3-5-10)8-18-22(19,20)14-7-12(16)11(15)6-13(14)17/h2-7,18H,8H2,1H3. The van der Waals surface area contributed by atoms with Gasteiger partial charge in [-0.05, 0) is 45.8 Å². The fourth-order valence-electron chi connectivity index (χ4n) is 1.71. The molecule has 0 amide bonds. The summed E-state index contributed by atoms with van der Waals surface area (Å²) in [7, 11) is -2.20. The molecule has 0 heterocycles. The van der Waals surface area contributed by atoms with Crippen molar-refractivity contribution in [1.29, 1.82) is 0 Å². The van der Waals surface area contributed by atoms with E-state index in [2.05, 4.69) is 20.7 Å². The lowest BCUT2D eigenvalue weighted by molar-refractivity contribution is 0.414. The summed E-state index contributed by atoms with van der Waals surface area (Å²) in [4.78, 5) is -0.0594. The largest absolute Gasteiger partial charge is 0.497 e. The maximum Gasteiger partial charge on any atom is 0.242 e. The van der Waals surface area contributed by atoms with E-state index in [0.717, 1.165) is 5.56 Å². The molecule has 0 fully saturated rings. The van der Waals surface area contributed by atoms with Crippen LogP contribution >= 0.6 is 39.1 Å². The SMILES string of the molecule is COc1ccc(CNS(=O)(=O)c2cc(Cl)c(Br)cc2Cl)cc1. The van der Waals surface area contributed by atoms with Gasteiger partial charge in [0.2, 0.25) is 10.0 Å². The Kier molecular flexibility index (Phi) is 5.74. The monoisotopic (exact) mass is 423 g/mol. The predicted molar refractivity (Wildman–Crippen MR) is 91.2 cm³/mol. The second kappa shape index (κ2) is 7.19. The average molecular weight is 425 g/mol. The second-order valence-corrected chi connectivity index (χ2v) is 7.77. The van der Waals surface area contributed by atoms with Crippen LogP contribution in [0.4, 0.5) is 0 Å². The zero-order valence-corrected chi connectivity index (χ0v) is 15.4. The number of hydrogen-bond donors (Lipinski definition) is 1. The van der Waals surface area contributed by atoms with Gasteiger partial charge in [0.25, 0.3) is 0 Å². The Morgan fingerprint density at radius 3 is 2.36 bits per heavy atom. The van der Waals surface area contributed by atoms with Crippen LogP contribution in [0.1, 0.15) is 5.56 Å². The molecule has 0 saturated heterocycles. The minimum Gasteiger partial charge on any atom is -0.497 e. The smallest absolute Gasteiger partial charge is 0.242 e. The summed E-state index contributed by atoms with van der Waals surface area (Å²) >= 11 is 15.1. The van der Waals surface area contributed by atoms with Crippen LogP contribution in [0.15, 0.2) is 45.8 Å². The van der Waals surface area contributed by atoms with Crippen molar-refractivity contribution in [3.05, 3.63) is 56.5 Å². The zero-order chi connectivity index (χ0) is 16.3. The summed E-state index contributed by atoms with van der Waals surface area (Å²) in [5.74, 6) is 0.703. The molecule has 0 aliphatic carbocycles. The molecular formula is C14H12BrCl2NO3S. The molecule has 2 rings (SSSR count). The van der Waals surface area contributed by atoms with E-state index < -0.39 is 10.0 Å². The predicted octanol–water partition coefficient (Wildman–Crippen LogP) is 4.24. The van der Waals surface area contributed by atoms with E-state index in [9.17, 15) is 8.42 Å². The summed E-state index contributed by atoms with van der Waals surface area (Å²) in [6.07, 6.45) is 0. The van der Waals surface area contributed by atoms with Crippen molar-refractivity contribution in [3.8, 4) is 5.75 Å². The Morgan fingerprint density at radius 2 is 1.77 bits per heavy atom. The first kappa shape index (κ1) is 17.6. The van der Waals surface area contributed by atoms with Crippen LogP contribution in [-0.2, 0) is 16.6 Å². The lowest BCUT2D eigenvalue weighted by Gasteiger charge is -2.10. The summed E-state index contributed by atoms with van der Waals surface area (Å²) in [5, 5.41) is 0.368. The fourth-order valence-corrected chi connectivity index (χ4v) is 3.98. The third kappa shape index (κ3) is 4.14. The van der Waals surface area contributed by atoms with Crippen LogP contribution in [0.25, 0.3) is 0 Å². The summed E-state index contributed by atoms with van der Waals surface area (Å²) in [6.45, 7) is 0.135. The van der Waals surface area contributed by atoms with Crippen LogP contribution in [0.3, 0.4) is 0 Å². The first-order valence-corrected chi connectivity index (χ1v) is 9.14. The molecule has 2 aromatic rings.